The van der Waals surface area contributed by atoms with Crippen molar-refractivity contribution in [2.75, 3.05) is 18.5 Å². The Bertz CT molecular complexity index is 410. The lowest BCUT2D eigenvalue weighted by Gasteiger charge is -2.22. The number of rotatable bonds is 6. The van der Waals surface area contributed by atoms with E-state index in [0.29, 0.717) is 12.1 Å². The molecule has 0 aliphatic heterocycles. The summed E-state index contributed by atoms with van der Waals surface area (Å²) in [6.45, 7) is 6.48. The van der Waals surface area contributed by atoms with E-state index in [1.807, 2.05) is 20.8 Å². The number of carbonyl (C=O) groups is 1. The average molecular weight is 266 g/mol. The Kier molecular flexibility index (Phi) is 5.32. The highest BCUT2D eigenvalue weighted by Gasteiger charge is 2.13. The highest BCUT2D eigenvalue weighted by Crippen LogP contribution is 2.10. The molecule has 0 fully saturated rings. The number of aliphatic hydroxyl groups is 1. The summed E-state index contributed by atoms with van der Waals surface area (Å²) in [4.78, 5) is 10.9. The highest BCUT2D eigenvalue weighted by molar-refractivity contribution is 5.93. The molecule has 1 aromatic rings. The van der Waals surface area contributed by atoms with E-state index >= 15 is 0 Å². The molecule has 0 bridgehead atoms. The second-order valence-electron chi connectivity index (χ2n) is 5.40. The molecule has 19 heavy (non-hydrogen) atoms. The van der Waals surface area contributed by atoms with Gasteiger partial charge in [0, 0.05) is 17.8 Å². The zero-order valence-electron chi connectivity index (χ0n) is 11.6. The molecule has 5 nitrogen and oxygen atoms in total. The van der Waals surface area contributed by atoms with Crippen molar-refractivity contribution in [2.24, 2.45) is 5.73 Å². The summed E-state index contributed by atoms with van der Waals surface area (Å²) < 4.78 is 5.48. The van der Waals surface area contributed by atoms with Gasteiger partial charge in [-0.3, -0.25) is 4.79 Å². The van der Waals surface area contributed by atoms with Gasteiger partial charge in [-0.2, -0.15) is 0 Å². The number of ether oxygens (including phenoxy) is 1. The predicted molar refractivity (Wildman–Crippen MR) is 75.2 cm³/mol. The number of benzene rings is 1. The van der Waals surface area contributed by atoms with E-state index < -0.39 is 12.0 Å². The van der Waals surface area contributed by atoms with Crippen LogP contribution in [0.15, 0.2) is 24.3 Å². The summed E-state index contributed by atoms with van der Waals surface area (Å²) in [5.41, 5.74) is 6.17. The van der Waals surface area contributed by atoms with Crippen LogP contribution in [-0.2, 0) is 4.74 Å². The highest BCUT2D eigenvalue weighted by atomic mass is 16.5. The Hall–Kier alpha value is -1.59. The first-order chi connectivity index (χ1) is 8.78. The number of anilines is 1. The lowest BCUT2D eigenvalue weighted by Crippen LogP contribution is -2.30. The van der Waals surface area contributed by atoms with E-state index in [-0.39, 0.29) is 12.2 Å². The zero-order chi connectivity index (χ0) is 14.5. The van der Waals surface area contributed by atoms with Crippen LogP contribution in [0, 0.1) is 0 Å². The molecule has 0 aromatic heterocycles. The molecular weight excluding hydrogens is 244 g/mol. The summed E-state index contributed by atoms with van der Waals surface area (Å²) in [6.07, 6.45) is -0.588. The molecule has 0 spiro atoms. The molecule has 1 rings (SSSR count). The van der Waals surface area contributed by atoms with Gasteiger partial charge in [0.1, 0.15) is 0 Å². The third-order valence-corrected chi connectivity index (χ3v) is 2.42. The van der Waals surface area contributed by atoms with Gasteiger partial charge < -0.3 is 20.9 Å². The summed E-state index contributed by atoms with van der Waals surface area (Å²) in [6, 6.07) is 6.78. The number of primary amides is 1. The maximum Gasteiger partial charge on any atom is 0.248 e. The van der Waals surface area contributed by atoms with Crippen LogP contribution in [-0.4, -0.2) is 35.9 Å². The number of amides is 1. The van der Waals surface area contributed by atoms with Crippen molar-refractivity contribution in [3.63, 3.8) is 0 Å². The summed E-state index contributed by atoms with van der Waals surface area (Å²) in [5, 5.41) is 12.8. The van der Waals surface area contributed by atoms with Crippen LogP contribution < -0.4 is 11.1 Å². The Morgan fingerprint density at radius 2 is 1.95 bits per heavy atom. The molecule has 1 unspecified atom stereocenters. The first-order valence-electron chi connectivity index (χ1n) is 6.24. The third-order valence-electron chi connectivity index (χ3n) is 2.42. The lowest BCUT2D eigenvalue weighted by atomic mass is 10.2. The maximum absolute atomic E-state index is 10.9. The van der Waals surface area contributed by atoms with E-state index in [1.165, 1.54) is 0 Å². The van der Waals surface area contributed by atoms with E-state index in [1.54, 1.807) is 24.3 Å². The molecule has 106 valence electrons. The first-order valence-corrected chi connectivity index (χ1v) is 6.24. The Balaban J connectivity index is 2.37. The molecule has 1 aromatic carbocycles. The van der Waals surface area contributed by atoms with Gasteiger partial charge in [-0.15, -0.1) is 0 Å². The summed E-state index contributed by atoms with van der Waals surface area (Å²) >= 11 is 0. The largest absolute Gasteiger partial charge is 0.389 e. The van der Waals surface area contributed by atoms with Gasteiger partial charge in [0.2, 0.25) is 5.91 Å². The molecule has 5 heteroatoms. The minimum Gasteiger partial charge on any atom is -0.389 e. The van der Waals surface area contributed by atoms with E-state index in [9.17, 15) is 9.90 Å². The molecule has 0 saturated heterocycles. The Morgan fingerprint density at radius 1 is 1.37 bits per heavy atom. The number of nitrogens with one attached hydrogen (secondary N) is 1. The standard InChI is InChI=1S/C14H22N2O3/c1-14(2,3)19-9-12(17)8-16-11-6-4-10(5-7-11)13(15)18/h4-7,12,16-17H,8-9H2,1-3H3,(H2,15,18). The van der Waals surface area contributed by atoms with Gasteiger partial charge in [0.15, 0.2) is 0 Å². The molecule has 0 saturated carbocycles. The van der Waals surface area contributed by atoms with Crippen molar-refractivity contribution >= 4 is 11.6 Å². The first kappa shape index (κ1) is 15.5. The Labute approximate surface area is 113 Å². The lowest BCUT2D eigenvalue weighted by molar-refractivity contribution is -0.0449. The minimum absolute atomic E-state index is 0.260. The smallest absolute Gasteiger partial charge is 0.248 e. The number of carbonyl (C=O) groups excluding carboxylic acids is 1. The molecule has 1 amide bonds. The number of aliphatic hydroxyl groups excluding tert-OH is 1. The number of nitrogens with two attached hydrogens (primary N) is 1. The maximum atomic E-state index is 10.9. The van der Waals surface area contributed by atoms with Crippen LogP contribution in [0.5, 0.6) is 0 Å². The van der Waals surface area contributed by atoms with Gasteiger partial charge in [-0.1, -0.05) is 0 Å². The molecule has 0 heterocycles. The fraction of sp³-hybridized carbons (Fsp3) is 0.500. The Morgan fingerprint density at radius 3 is 2.42 bits per heavy atom. The normalized spacial score (nSPS) is 13.1. The van der Waals surface area contributed by atoms with E-state index in [2.05, 4.69) is 5.32 Å². The predicted octanol–water partition coefficient (Wildman–Crippen LogP) is 1.37. The van der Waals surface area contributed by atoms with Gasteiger partial charge in [-0.25, -0.2) is 0 Å². The van der Waals surface area contributed by atoms with Gasteiger partial charge in [-0.05, 0) is 45.0 Å². The average Bonchev–Trinajstić information content (AvgIpc) is 2.33. The SMILES string of the molecule is CC(C)(C)OCC(O)CNc1ccc(C(N)=O)cc1. The van der Waals surface area contributed by atoms with Crippen molar-refractivity contribution in [3.05, 3.63) is 29.8 Å². The quantitative estimate of drug-likeness (QED) is 0.726. The number of hydrogen-bond acceptors (Lipinski definition) is 4. The summed E-state index contributed by atoms with van der Waals surface area (Å²) in [7, 11) is 0. The van der Waals surface area contributed by atoms with Crippen molar-refractivity contribution < 1.29 is 14.6 Å². The molecule has 1 atom stereocenters. The van der Waals surface area contributed by atoms with Crippen LogP contribution in [0.3, 0.4) is 0 Å². The van der Waals surface area contributed by atoms with E-state index in [4.69, 9.17) is 10.5 Å². The molecular formula is C14H22N2O3. The van der Waals surface area contributed by atoms with Crippen LogP contribution in [0.4, 0.5) is 5.69 Å². The molecule has 0 aliphatic carbocycles. The monoisotopic (exact) mass is 266 g/mol. The number of hydrogen-bond donors (Lipinski definition) is 3. The zero-order valence-corrected chi connectivity index (χ0v) is 11.6. The van der Waals surface area contributed by atoms with E-state index in [0.717, 1.165) is 5.69 Å². The van der Waals surface area contributed by atoms with Crippen molar-refractivity contribution in [3.8, 4) is 0 Å². The van der Waals surface area contributed by atoms with Crippen molar-refractivity contribution in [1.29, 1.82) is 0 Å². The van der Waals surface area contributed by atoms with Crippen LogP contribution >= 0.6 is 0 Å². The van der Waals surface area contributed by atoms with Crippen LogP contribution in [0.1, 0.15) is 31.1 Å². The van der Waals surface area contributed by atoms with Gasteiger partial charge in [0.05, 0.1) is 18.3 Å². The van der Waals surface area contributed by atoms with Gasteiger partial charge >= 0.3 is 0 Å². The molecule has 4 N–H and O–H groups in total. The fourth-order valence-corrected chi connectivity index (χ4v) is 1.39. The second-order valence-corrected chi connectivity index (χ2v) is 5.40. The van der Waals surface area contributed by atoms with Gasteiger partial charge in [0.25, 0.3) is 0 Å². The summed E-state index contributed by atoms with van der Waals surface area (Å²) in [5.74, 6) is -0.454. The van der Waals surface area contributed by atoms with Crippen LogP contribution in [0.25, 0.3) is 0 Å². The minimum atomic E-state index is -0.588. The fourth-order valence-electron chi connectivity index (χ4n) is 1.39. The van der Waals surface area contributed by atoms with Crippen molar-refractivity contribution in [1.82, 2.24) is 0 Å². The second kappa shape index (κ2) is 6.54. The topological polar surface area (TPSA) is 84.6 Å². The molecule has 0 radical (unpaired) electrons. The molecule has 0 aliphatic rings. The van der Waals surface area contributed by atoms with Crippen molar-refractivity contribution in [2.45, 2.75) is 32.5 Å². The third kappa shape index (κ3) is 6.22. The van der Waals surface area contributed by atoms with Crippen LogP contribution in [0.2, 0.25) is 0 Å².